The van der Waals surface area contributed by atoms with E-state index in [0.29, 0.717) is 19.3 Å². The number of benzene rings is 1. The van der Waals surface area contributed by atoms with Gasteiger partial charge in [0, 0.05) is 12.3 Å². The summed E-state index contributed by atoms with van der Waals surface area (Å²) in [5.74, 6) is 0.159. The van der Waals surface area contributed by atoms with Crippen molar-refractivity contribution in [3.63, 3.8) is 0 Å². The Balaban J connectivity index is 1.63. The minimum absolute atomic E-state index is 0.159. The number of ether oxygens (including phenoxy) is 2. The van der Waals surface area contributed by atoms with Crippen LogP contribution in [0.25, 0.3) is 0 Å². The topological polar surface area (TPSA) is 48.4 Å². The van der Waals surface area contributed by atoms with Gasteiger partial charge >= 0.3 is 12.3 Å². The zero-order valence-corrected chi connectivity index (χ0v) is 12.8. The smallest absolute Gasteiger partial charge is 0.434 e. The Hall–Kier alpha value is -2.57. The number of halogens is 3. The Bertz CT molecular complexity index is 642. The number of carbonyl (C=O) groups excluding carboxylic acids is 1. The Kier molecular flexibility index (Phi) is 6.17. The summed E-state index contributed by atoms with van der Waals surface area (Å²) in [5, 5.41) is 0. The minimum atomic E-state index is -4.32. The van der Waals surface area contributed by atoms with Crippen molar-refractivity contribution in [1.29, 1.82) is 0 Å². The van der Waals surface area contributed by atoms with Crippen LogP contribution in [0.3, 0.4) is 0 Å². The predicted molar refractivity (Wildman–Crippen MR) is 80.6 cm³/mol. The zero-order chi connectivity index (χ0) is 17.4. The molecule has 0 bridgehead atoms. The van der Waals surface area contributed by atoms with Crippen LogP contribution in [0.2, 0.25) is 0 Å². The van der Waals surface area contributed by atoms with Gasteiger partial charge in [-0.25, -0.2) is 9.78 Å². The Morgan fingerprint density at radius 2 is 1.79 bits per heavy atom. The lowest BCUT2D eigenvalue weighted by Crippen LogP contribution is -2.12. The van der Waals surface area contributed by atoms with Gasteiger partial charge in [0.1, 0.15) is 0 Å². The molecule has 1 heterocycles. The van der Waals surface area contributed by atoms with Gasteiger partial charge in [-0.2, -0.15) is 13.2 Å². The summed E-state index contributed by atoms with van der Waals surface area (Å²) in [4.78, 5) is 15.2. The summed E-state index contributed by atoms with van der Waals surface area (Å²) in [6.45, 7) is 0.173. The maximum absolute atomic E-state index is 12.4. The van der Waals surface area contributed by atoms with Crippen molar-refractivity contribution in [2.45, 2.75) is 25.4 Å². The van der Waals surface area contributed by atoms with Crippen LogP contribution < -0.4 is 4.74 Å². The van der Waals surface area contributed by atoms with E-state index in [0.717, 1.165) is 17.7 Å². The molecule has 0 aliphatic carbocycles. The van der Waals surface area contributed by atoms with Crippen molar-refractivity contribution in [2.24, 2.45) is 0 Å². The van der Waals surface area contributed by atoms with E-state index in [1.165, 1.54) is 24.4 Å². The third-order valence-corrected chi connectivity index (χ3v) is 3.19. The maximum Gasteiger partial charge on any atom is 0.515 e. The molecule has 2 rings (SSSR count). The Labute approximate surface area is 137 Å². The highest BCUT2D eigenvalue weighted by atomic mass is 19.4. The highest BCUT2D eigenvalue weighted by molar-refractivity contribution is 5.62. The number of carbonyl (C=O) groups is 1. The summed E-state index contributed by atoms with van der Waals surface area (Å²) in [7, 11) is 0. The van der Waals surface area contributed by atoms with Gasteiger partial charge < -0.3 is 9.47 Å². The highest BCUT2D eigenvalue weighted by Gasteiger charge is 2.29. The van der Waals surface area contributed by atoms with Gasteiger partial charge in [0.2, 0.25) is 5.88 Å². The van der Waals surface area contributed by atoms with Crippen LogP contribution in [0, 0.1) is 0 Å². The summed E-state index contributed by atoms with van der Waals surface area (Å²) in [5.41, 5.74) is 0.144. The molecule has 128 valence electrons. The number of hydrogen-bond donors (Lipinski definition) is 0. The van der Waals surface area contributed by atoms with Crippen LogP contribution in [0.15, 0.2) is 48.7 Å². The first-order valence-electron chi connectivity index (χ1n) is 7.37. The van der Waals surface area contributed by atoms with E-state index < -0.39 is 17.9 Å². The molecule has 4 nitrogen and oxygen atoms in total. The van der Waals surface area contributed by atoms with Gasteiger partial charge in [-0.15, -0.1) is 0 Å². The van der Waals surface area contributed by atoms with Crippen LogP contribution in [0.1, 0.15) is 24.0 Å². The molecule has 1 aromatic heterocycles. The van der Waals surface area contributed by atoms with E-state index >= 15 is 0 Å². The lowest BCUT2D eigenvalue weighted by molar-refractivity contribution is -0.137. The molecule has 0 fully saturated rings. The summed E-state index contributed by atoms with van der Waals surface area (Å²) < 4.78 is 47.1. The molecule has 0 N–H and O–H groups in total. The second kappa shape index (κ2) is 8.33. The average Bonchev–Trinajstić information content (AvgIpc) is 2.55. The van der Waals surface area contributed by atoms with Gasteiger partial charge in [-0.05, 0) is 43.0 Å². The standard InChI is InChI=1S/C17H16F3NO3/c18-17(19,20)14-9-7-13(8-10-14)5-2-4-12-23-16(22)24-15-6-1-3-11-21-15/h1,3,6-11H,2,4-5,12H2. The van der Waals surface area contributed by atoms with Crippen LogP contribution in [-0.4, -0.2) is 17.7 Å². The number of rotatable bonds is 6. The fourth-order valence-corrected chi connectivity index (χ4v) is 1.97. The second-order valence-electron chi connectivity index (χ2n) is 5.02. The minimum Gasteiger partial charge on any atom is -0.434 e. The lowest BCUT2D eigenvalue weighted by atomic mass is 10.1. The van der Waals surface area contributed by atoms with E-state index in [4.69, 9.17) is 9.47 Å². The average molecular weight is 339 g/mol. The number of unbranched alkanes of at least 4 members (excludes halogenated alkanes) is 1. The van der Waals surface area contributed by atoms with Crippen LogP contribution in [0.4, 0.5) is 18.0 Å². The van der Waals surface area contributed by atoms with Crippen molar-refractivity contribution in [3.05, 3.63) is 59.8 Å². The summed E-state index contributed by atoms with van der Waals surface area (Å²) >= 11 is 0. The molecule has 0 spiro atoms. The highest BCUT2D eigenvalue weighted by Crippen LogP contribution is 2.29. The van der Waals surface area contributed by atoms with Crippen molar-refractivity contribution >= 4 is 6.16 Å². The fourth-order valence-electron chi connectivity index (χ4n) is 1.97. The van der Waals surface area contributed by atoms with Crippen LogP contribution >= 0.6 is 0 Å². The number of hydrogen-bond acceptors (Lipinski definition) is 4. The third kappa shape index (κ3) is 5.91. The number of nitrogens with zero attached hydrogens (tertiary/aromatic N) is 1. The Morgan fingerprint density at radius 1 is 1.04 bits per heavy atom. The van der Waals surface area contributed by atoms with E-state index in [-0.39, 0.29) is 12.5 Å². The van der Waals surface area contributed by atoms with Crippen molar-refractivity contribution < 1.29 is 27.4 Å². The van der Waals surface area contributed by atoms with Gasteiger partial charge in [-0.1, -0.05) is 18.2 Å². The zero-order valence-electron chi connectivity index (χ0n) is 12.8. The van der Waals surface area contributed by atoms with Crippen molar-refractivity contribution in [3.8, 4) is 5.88 Å². The molecule has 0 aliphatic rings. The molecule has 0 unspecified atom stereocenters. The van der Waals surface area contributed by atoms with Crippen molar-refractivity contribution in [1.82, 2.24) is 4.98 Å². The molecular weight excluding hydrogens is 323 g/mol. The largest absolute Gasteiger partial charge is 0.515 e. The molecule has 0 amide bonds. The fraction of sp³-hybridized carbons (Fsp3) is 0.294. The van der Waals surface area contributed by atoms with Gasteiger partial charge in [0.05, 0.1) is 12.2 Å². The Morgan fingerprint density at radius 3 is 2.42 bits per heavy atom. The monoisotopic (exact) mass is 339 g/mol. The van der Waals surface area contributed by atoms with Gasteiger partial charge in [0.15, 0.2) is 0 Å². The molecule has 24 heavy (non-hydrogen) atoms. The molecule has 0 radical (unpaired) electrons. The third-order valence-electron chi connectivity index (χ3n) is 3.19. The van der Waals surface area contributed by atoms with E-state index in [1.807, 2.05) is 0 Å². The molecule has 2 aromatic rings. The number of alkyl halides is 3. The second-order valence-corrected chi connectivity index (χ2v) is 5.02. The molecular formula is C17H16F3NO3. The SMILES string of the molecule is O=C(OCCCCc1ccc(C(F)(F)F)cc1)Oc1ccccn1. The summed E-state index contributed by atoms with van der Waals surface area (Å²) in [6.07, 6.45) is -1.78. The van der Waals surface area contributed by atoms with Gasteiger partial charge in [0.25, 0.3) is 0 Å². The predicted octanol–water partition coefficient (Wildman–Crippen LogP) is 4.64. The molecule has 0 saturated carbocycles. The first kappa shape index (κ1) is 17.8. The quantitative estimate of drug-likeness (QED) is 0.568. The van der Waals surface area contributed by atoms with Crippen LogP contribution in [-0.2, 0) is 17.3 Å². The molecule has 0 atom stereocenters. The summed E-state index contributed by atoms with van der Waals surface area (Å²) in [6, 6.07) is 9.95. The first-order valence-corrected chi connectivity index (χ1v) is 7.37. The first-order chi connectivity index (χ1) is 11.4. The number of aryl methyl sites for hydroxylation is 1. The van der Waals surface area contributed by atoms with Crippen molar-refractivity contribution in [2.75, 3.05) is 6.61 Å². The molecule has 7 heteroatoms. The number of pyridine rings is 1. The lowest BCUT2D eigenvalue weighted by Gasteiger charge is -2.08. The maximum atomic E-state index is 12.4. The number of aromatic nitrogens is 1. The van der Waals surface area contributed by atoms with E-state index in [9.17, 15) is 18.0 Å². The van der Waals surface area contributed by atoms with E-state index in [1.54, 1.807) is 12.1 Å². The molecule has 1 aromatic carbocycles. The molecule has 0 aliphatic heterocycles. The van der Waals surface area contributed by atoms with Crippen LogP contribution in [0.5, 0.6) is 5.88 Å². The normalized spacial score (nSPS) is 11.1. The molecule has 0 saturated heterocycles. The van der Waals surface area contributed by atoms with Gasteiger partial charge in [-0.3, -0.25) is 0 Å². The van der Waals surface area contributed by atoms with E-state index in [2.05, 4.69) is 4.98 Å².